The van der Waals surface area contributed by atoms with Gasteiger partial charge in [0.1, 0.15) is 5.75 Å². The minimum atomic E-state index is 0.320. The zero-order valence-electron chi connectivity index (χ0n) is 13.4. The number of nitrogens with one attached hydrogen (secondary N) is 1. The second-order valence-corrected chi connectivity index (χ2v) is 5.46. The maximum atomic E-state index is 5.48. The topological polar surface area (TPSA) is 21.3 Å². The van der Waals surface area contributed by atoms with E-state index in [1.807, 2.05) is 19.1 Å². The van der Waals surface area contributed by atoms with E-state index in [2.05, 4.69) is 56.4 Å². The van der Waals surface area contributed by atoms with Gasteiger partial charge >= 0.3 is 0 Å². The van der Waals surface area contributed by atoms with Crippen molar-refractivity contribution in [3.8, 4) is 5.75 Å². The van der Waals surface area contributed by atoms with E-state index in [0.29, 0.717) is 12.6 Å². The van der Waals surface area contributed by atoms with Gasteiger partial charge in [0.2, 0.25) is 0 Å². The fourth-order valence-electron chi connectivity index (χ4n) is 2.40. The van der Waals surface area contributed by atoms with Crippen molar-refractivity contribution in [3.63, 3.8) is 0 Å². The van der Waals surface area contributed by atoms with Crippen LogP contribution in [0.15, 0.2) is 42.5 Å². The Balaban J connectivity index is 1.98. The number of rotatable bonds is 6. The number of aryl methyl sites for hydroxylation is 1. The molecule has 0 fully saturated rings. The molecule has 2 heteroatoms. The highest BCUT2D eigenvalue weighted by atomic mass is 16.5. The lowest BCUT2D eigenvalue weighted by molar-refractivity contribution is 0.340. The van der Waals surface area contributed by atoms with Crippen molar-refractivity contribution in [3.05, 3.63) is 64.7 Å². The van der Waals surface area contributed by atoms with Gasteiger partial charge in [-0.3, -0.25) is 0 Å². The standard InChI is InChI=1S/C19H25NO/c1-5-21-19-11-9-17(10-12-19)16(4)20-13-18-8-6-7-14(2)15(18)3/h6-12,16,20H,5,13H2,1-4H3. The van der Waals surface area contributed by atoms with Gasteiger partial charge in [-0.15, -0.1) is 0 Å². The van der Waals surface area contributed by atoms with Crippen LogP contribution in [0.1, 0.15) is 42.1 Å². The molecule has 21 heavy (non-hydrogen) atoms. The van der Waals surface area contributed by atoms with Crippen LogP contribution in [-0.2, 0) is 6.54 Å². The monoisotopic (exact) mass is 283 g/mol. The Morgan fingerprint density at radius 3 is 2.43 bits per heavy atom. The normalized spacial score (nSPS) is 12.2. The number of benzene rings is 2. The Labute approximate surface area is 128 Å². The SMILES string of the molecule is CCOc1ccc(C(C)NCc2cccc(C)c2C)cc1. The summed E-state index contributed by atoms with van der Waals surface area (Å²) >= 11 is 0. The van der Waals surface area contributed by atoms with Crippen molar-refractivity contribution in [2.75, 3.05) is 6.61 Å². The zero-order valence-corrected chi connectivity index (χ0v) is 13.4. The van der Waals surface area contributed by atoms with E-state index in [0.717, 1.165) is 12.3 Å². The summed E-state index contributed by atoms with van der Waals surface area (Å²) in [6.45, 7) is 10.1. The van der Waals surface area contributed by atoms with Gasteiger partial charge in [0.25, 0.3) is 0 Å². The fourth-order valence-corrected chi connectivity index (χ4v) is 2.40. The molecule has 0 aromatic heterocycles. The first-order valence-electron chi connectivity index (χ1n) is 7.63. The highest BCUT2D eigenvalue weighted by Gasteiger charge is 2.07. The van der Waals surface area contributed by atoms with Gasteiger partial charge in [-0.2, -0.15) is 0 Å². The van der Waals surface area contributed by atoms with Crippen LogP contribution in [0.25, 0.3) is 0 Å². The molecule has 112 valence electrons. The largest absolute Gasteiger partial charge is 0.494 e. The molecule has 1 unspecified atom stereocenters. The highest BCUT2D eigenvalue weighted by Crippen LogP contribution is 2.19. The summed E-state index contributed by atoms with van der Waals surface area (Å²) in [6.07, 6.45) is 0. The molecule has 0 saturated heterocycles. The summed E-state index contributed by atoms with van der Waals surface area (Å²) in [5.41, 5.74) is 5.38. The molecule has 0 spiro atoms. The van der Waals surface area contributed by atoms with Crippen LogP contribution in [-0.4, -0.2) is 6.61 Å². The summed E-state index contributed by atoms with van der Waals surface area (Å²) < 4.78 is 5.48. The van der Waals surface area contributed by atoms with Crippen LogP contribution < -0.4 is 10.1 Å². The van der Waals surface area contributed by atoms with Crippen molar-refractivity contribution in [2.24, 2.45) is 0 Å². The average Bonchev–Trinajstić information content (AvgIpc) is 2.49. The van der Waals surface area contributed by atoms with Gasteiger partial charge in [0.05, 0.1) is 6.61 Å². The maximum Gasteiger partial charge on any atom is 0.119 e. The summed E-state index contributed by atoms with van der Waals surface area (Å²) in [7, 11) is 0. The van der Waals surface area contributed by atoms with Gasteiger partial charge in [0, 0.05) is 12.6 Å². The molecule has 0 aliphatic rings. The van der Waals surface area contributed by atoms with Gasteiger partial charge in [-0.1, -0.05) is 30.3 Å². The lowest BCUT2D eigenvalue weighted by atomic mass is 10.0. The predicted octanol–water partition coefficient (Wildman–Crippen LogP) is 4.55. The molecular weight excluding hydrogens is 258 g/mol. The van der Waals surface area contributed by atoms with Gasteiger partial charge < -0.3 is 10.1 Å². The smallest absolute Gasteiger partial charge is 0.119 e. The molecule has 0 bridgehead atoms. The minimum absolute atomic E-state index is 0.320. The third-order valence-corrected chi connectivity index (χ3v) is 4.01. The molecule has 0 amide bonds. The molecule has 1 N–H and O–H groups in total. The number of ether oxygens (including phenoxy) is 1. The first-order chi connectivity index (χ1) is 10.1. The predicted molar refractivity (Wildman–Crippen MR) is 88.8 cm³/mol. The molecule has 0 radical (unpaired) electrons. The molecular formula is C19H25NO. The maximum absolute atomic E-state index is 5.48. The first-order valence-corrected chi connectivity index (χ1v) is 7.63. The summed E-state index contributed by atoms with van der Waals surface area (Å²) in [5, 5.41) is 3.59. The molecule has 2 aromatic rings. The number of hydrogen-bond donors (Lipinski definition) is 1. The first kappa shape index (κ1) is 15.6. The average molecular weight is 283 g/mol. The third-order valence-electron chi connectivity index (χ3n) is 4.01. The van der Waals surface area contributed by atoms with Crippen LogP contribution in [0.5, 0.6) is 5.75 Å². The summed E-state index contributed by atoms with van der Waals surface area (Å²) in [4.78, 5) is 0. The van der Waals surface area contributed by atoms with Crippen LogP contribution in [0.2, 0.25) is 0 Å². The Bertz CT molecular complexity index is 575. The van der Waals surface area contributed by atoms with E-state index in [9.17, 15) is 0 Å². The highest BCUT2D eigenvalue weighted by molar-refractivity contribution is 5.33. The van der Waals surface area contributed by atoms with E-state index in [1.54, 1.807) is 0 Å². The summed E-state index contributed by atoms with van der Waals surface area (Å²) in [5.74, 6) is 0.933. The number of hydrogen-bond acceptors (Lipinski definition) is 2. The lowest BCUT2D eigenvalue weighted by Crippen LogP contribution is -2.18. The van der Waals surface area contributed by atoms with Crippen molar-refractivity contribution < 1.29 is 4.74 Å². The van der Waals surface area contributed by atoms with Crippen LogP contribution in [0.3, 0.4) is 0 Å². The molecule has 1 atom stereocenters. The zero-order chi connectivity index (χ0) is 15.2. The Morgan fingerprint density at radius 2 is 1.76 bits per heavy atom. The van der Waals surface area contributed by atoms with Crippen LogP contribution >= 0.6 is 0 Å². The van der Waals surface area contributed by atoms with E-state index < -0.39 is 0 Å². The van der Waals surface area contributed by atoms with Crippen molar-refractivity contribution in [1.29, 1.82) is 0 Å². The molecule has 0 aliphatic heterocycles. The fraction of sp³-hybridized carbons (Fsp3) is 0.368. The van der Waals surface area contributed by atoms with Gasteiger partial charge in [-0.05, 0) is 62.1 Å². The van der Waals surface area contributed by atoms with E-state index >= 15 is 0 Å². The quantitative estimate of drug-likeness (QED) is 0.839. The third kappa shape index (κ3) is 4.08. The van der Waals surface area contributed by atoms with Crippen molar-refractivity contribution >= 4 is 0 Å². The van der Waals surface area contributed by atoms with Crippen molar-refractivity contribution in [2.45, 2.75) is 40.3 Å². The Morgan fingerprint density at radius 1 is 1.05 bits per heavy atom. The molecule has 0 heterocycles. The Hall–Kier alpha value is -1.80. The van der Waals surface area contributed by atoms with E-state index in [4.69, 9.17) is 4.74 Å². The molecule has 2 rings (SSSR count). The second-order valence-electron chi connectivity index (χ2n) is 5.46. The molecule has 2 nitrogen and oxygen atoms in total. The van der Waals surface area contributed by atoms with E-state index in [1.165, 1.54) is 22.3 Å². The van der Waals surface area contributed by atoms with E-state index in [-0.39, 0.29) is 0 Å². The summed E-state index contributed by atoms with van der Waals surface area (Å²) in [6, 6.07) is 15.1. The second kappa shape index (κ2) is 7.28. The van der Waals surface area contributed by atoms with Gasteiger partial charge in [0.15, 0.2) is 0 Å². The minimum Gasteiger partial charge on any atom is -0.494 e. The molecule has 0 saturated carbocycles. The lowest BCUT2D eigenvalue weighted by Gasteiger charge is -2.16. The van der Waals surface area contributed by atoms with Gasteiger partial charge in [-0.25, -0.2) is 0 Å². The van der Waals surface area contributed by atoms with Crippen molar-refractivity contribution in [1.82, 2.24) is 5.32 Å². The van der Waals surface area contributed by atoms with Crippen LogP contribution in [0.4, 0.5) is 0 Å². The molecule has 0 aliphatic carbocycles. The van der Waals surface area contributed by atoms with Crippen LogP contribution in [0, 0.1) is 13.8 Å². The molecule has 2 aromatic carbocycles. The Kier molecular flexibility index (Phi) is 5.40.